The summed E-state index contributed by atoms with van der Waals surface area (Å²) in [6, 6.07) is 21.9. The lowest BCUT2D eigenvalue weighted by Crippen LogP contribution is -2.50. The third kappa shape index (κ3) is 9.32. The number of likely N-dealkylation sites (N-methyl/N-ethyl adjacent to an activating group) is 1. The molecule has 0 bridgehead atoms. The molecule has 10 heteroatoms. The Hall–Kier alpha value is -4.86. The summed E-state index contributed by atoms with van der Waals surface area (Å²) in [5.41, 5.74) is 2.26. The van der Waals surface area contributed by atoms with Crippen molar-refractivity contribution in [1.82, 2.24) is 20.9 Å². The van der Waals surface area contributed by atoms with Gasteiger partial charge in [-0.25, -0.2) is 0 Å². The monoisotopic (exact) mass is 586 g/mol. The highest BCUT2D eigenvalue weighted by Crippen LogP contribution is 2.19. The van der Waals surface area contributed by atoms with E-state index in [-0.39, 0.29) is 50.6 Å². The van der Waals surface area contributed by atoms with E-state index in [9.17, 15) is 19.2 Å². The molecule has 0 fully saturated rings. The minimum atomic E-state index is -1.01. The van der Waals surface area contributed by atoms with Crippen LogP contribution in [0.2, 0.25) is 0 Å². The number of nitrogens with one attached hydrogen (secondary N) is 3. The molecule has 226 valence electrons. The number of benzene rings is 3. The molecule has 1 aliphatic rings. The maximum Gasteiger partial charge on any atom is 0.255 e. The van der Waals surface area contributed by atoms with Crippen LogP contribution in [0.4, 0.5) is 0 Å². The Kier molecular flexibility index (Phi) is 11.1. The first-order valence-corrected chi connectivity index (χ1v) is 14.4. The number of ether oxygens (including phenoxy) is 2. The predicted octanol–water partition coefficient (Wildman–Crippen LogP) is 2.65. The average molecular weight is 587 g/mol. The molecule has 43 heavy (non-hydrogen) atoms. The number of nitrogens with zero attached hydrogens (tertiary/aromatic N) is 1. The number of para-hydroxylation sites is 1. The SMILES string of the molecule is Cc1ccc(OCCNC(=O)[C@@H]2CCC(=O)N[C@H](Cc3ccccc3)C(=O)N(C)CCOc3ccccc3C(=O)N2)cc1. The van der Waals surface area contributed by atoms with Gasteiger partial charge in [0, 0.05) is 19.9 Å². The summed E-state index contributed by atoms with van der Waals surface area (Å²) in [7, 11) is 1.65. The predicted molar refractivity (Wildman–Crippen MR) is 162 cm³/mol. The summed E-state index contributed by atoms with van der Waals surface area (Å²) < 4.78 is 11.6. The lowest BCUT2D eigenvalue weighted by molar-refractivity contribution is -0.135. The molecule has 0 saturated carbocycles. The summed E-state index contributed by atoms with van der Waals surface area (Å²) in [5, 5.41) is 8.40. The maximum absolute atomic E-state index is 13.4. The first-order chi connectivity index (χ1) is 20.8. The highest BCUT2D eigenvalue weighted by Gasteiger charge is 2.28. The molecular formula is C33H38N4O6. The van der Waals surface area contributed by atoms with E-state index >= 15 is 0 Å². The van der Waals surface area contributed by atoms with Crippen LogP contribution in [0.1, 0.15) is 34.3 Å². The summed E-state index contributed by atoms with van der Waals surface area (Å²) in [5.74, 6) is -0.608. The van der Waals surface area contributed by atoms with Gasteiger partial charge >= 0.3 is 0 Å². The molecule has 0 radical (unpaired) electrons. The van der Waals surface area contributed by atoms with Crippen molar-refractivity contribution in [2.45, 2.75) is 38.3 Å². The lowest BCUT2D eigenvalue weighted by atomic mass is 10.0. The van der Waals surface area contributed by atoms with Crippen molar-refractivity contribution in [3.05, 3.63) is 95.6 Å². The Balaban J connectivity index is 1.48. The Bertz CT molecular complexity index is 1400. The van der Waals surface area contributed by atoms with Gasteiger partial charge in [0.05, 0.1) is 18.7 Å². The van der Waals surface area contributed by atoms with Crippen LogP contribution in [0.25, 0.3) is 0 Å². The van der Waals surface area contributed by atoms with Crippen molar-refractivity contribution < 1.29 is 28.7 Å². The van der Waals surface area contributed by atoms with Crippen LogP contribution in [-0.2, 0) is 20.8 Å². The van der Waals surface area contributed by atoms with E-state index in [4.69, 9.17) is 9.47 Å². The van der Waals surface area contributed by atoms with Crippen molar-refractivity contribution in [2.75, 3.05) is 33.4 Å². The van der Waals surface area contributed by atoms with Gasteiger partial charge in [-0.3, -0.25) is 19.2 Å². The molecule has 4 amide bonds. The Morgan fingerprint density at radius 3 is 2.47 bits per heavy atom. The van der Waals surface area contributed by atoms with Crippen molar-refractivity contribution in [1.29, 1.82) is 0 Å². The molecule has 10 nitrogen and oxygen atoms in total. The molecule has 1 aliphatic heterocycles. The van der Waals surface area contributed by atoms with Gasteiger partial charge in [0.15, 0.2) is 0 Å². The second-order valence-corrected chi connectivity index (χ2v) is 10.4. The van der Waals surface area contributed by atoms with Crippen LogP contribution >= 0.6 is 0 Å². The van der Waals surface area contributed by atoms with E-state index in [0.717, 1.165) is 11.1 Å². The number of fused-ring (bicyclic) bond motifs is 1. The second-order valence-electron chi connectivity index (χ2n) is 10.4. The van der Waals surface area contributed by atoms with E-state index in [1.807, 2.05) is 61.5 Å². The number of rotatable bonds is 7. The third-order valence-corrected chi connectivity index (χ3v) is 7.08. The van der Waals surface area contributed by atoms with Gasteiger partial charge in [0.2, 0.25) is 17.7 Å². The Morgan fingerprint density at radius 1 is 0.977 bits per heavy atom. The van der Waals surface area contributed by atoms with Crippen molar-refractivity contribution in [3.8, 4) is 11.5 Å². The van der Waals surface area contributed by atoms with Crippen LogP contribution in [0.5, 0.6) is 11.5 Å². The zero-order valence-corrected chi connectivity index (χ0v) is 24.5. The maximum atomic E-state index is 13.4. The number of carbonyl (C=O) groups excluding carboxylic acids is 4. The van der Waals surface area contributed by atoms with Gasteiger partial charge < -0.3 is 30.3 Å². The van der Waals surface area contributed by atoms with E-state index < -0.39 is 29.8 Å². The molecule has 3 aromatic rings. The van der Waals surface area contributed by atoms with Crippen molar-refractivity contribution in [3.63, 3.8) is 0 Å². The number of carbonyl (C=O) groups is 4. The largest absolute Gasteiger partial charge is 0.492 e. The summed E-state index contributed by atoms with van der Waals surface area (Å²) >= 11 is 0. The molecule has 3 aromatic carbocycles. The number of hydrogen-bond acceptors (Lipinski definition) is 6. The molecule has 1 heterocycles. The van der Waals surface area contributed by atoms with Crippen molar-refractivity contribution >= 4 is 23.6 Å². The third-order valence-electron chi connectivity index (χ3n) is 7.08. The summed E-state index contributed by atoms with van der Waals surface area (Å²) in [6.45, 7) is 2.78. The van der Waals surface area contributed by atoms with Crippen molar-refractivity contribution in [2.24, 2.45) is 0 Å². The van der Waals surface area contributed by atoms with Gasteiger partial charge in [-0.15, -0.1) is 0 Å². The van der Waals surface area contributed by atoms with Crippen LogP contribution in [0.15, 0.2) is 78.9 Å². The fourth-order valence-corrected chi connectivity index (χ4v) is 4.65. The van der Waals surface area contributed by atoms with E-state index in [1.54, 1.807) is 31.3 Å². The first kappa shape index (κ1) is 31.1. The minimum absolute atomic E-state index is 0.0212. The second kappa shape index (κ2) is 15.4. The molecule has 0 aliphatic carbocycles. The van der Waals surface area contributed by atoms with Crippen LogP contribution in [-0.4, -0.2) is 74.0 Å². The normalized spacial score (nSPS) is 18.2. The van der Waals surface area contributed by atoms with Gasteiger partial charge in [-0.1, -0.05) is 60.2 Å². The molecule has 0 aromatic heterocycles. The fourth-order valence-electron chi connectivity index (χ4n) is 4.65. The molecule has 0 spiro atoms. The van der Waals surface area contributed by atoms with Gasteiger partial charge in [0.1, 0.15) is 36.8 Å². The molecule has 0 saturated heterocycles. The Labute approximate surface area is 251 Å². The standard InChI is InChI=1S/C33H38N4O6/c1-23-12-14-25(15-13-23)42-20-18-34-32(40)27-16-17-30(38)35-28(22-24-8-4-3-5-9-24)33(41)37(2)19-21-43-29-11-7-6-10-26(29)31(39)36-27/h3-15,27-28H,16-22H2,1-2H3,(H,34,40)(H,35,38)(H,36,39)/t27-,28+/m0/s1. The van der Waals surface area contributed by atoms with Gasteiger partial charge in [-0.2, -0.15) is 0 Å². The average Bonchev–Trinajstić information content (AvgIpc) is 3.01. The number of hydrogen-bond donors (Lipinski definition) is 3. The van der Waals surface area contributed by atoms with Crippen LogP contribution in [0, 0.1) is 6.92 Å². The quantitative estimate of drug-likeness (QED) is 0.366. The molecule has 3 N–H and O–H groups in total. The number of aryl methyl sites for hydroxylation is 1. The highest BCUT2D eigenvalue weighted by molar-refractivity contribution is 5.99. The van der Waals surface area contributed by atoms with E-state index in [1.165, 1.54) is 4.90 Å². The van der Waals surface area contributed by atoms with E-state index in [0.29, 0.717) is 17.9 Å². The smallest absolute Gasteiger partial charge is 0.255 e. The summed E-state index contributed by atoms with van der Waals surface area (Å²) in [4.78, 5) is 54.5. The molecule has 2 atom stereocenters. The van der Waals surface area contributed by atoms with E-state index in [2.05, 4.69) is 16.0 Å². The zero-order chi connectivity index (χ0) is 30.6. The van der Waals surface area contributed by atoms with Gasteiger partial charge in [-0.05, 0) is 43.2 Å². The summed E-state index contributed by atoms with van der Waals surface area (Å²) in [6.07, 6.45) is 0.243. The van der Waals surface area contributed by atoms with Gasteiger partial charge in [0.25, 0.3) is 5.91 Å². The Morgan fingerprint density at radius 2 is 1.70 bits per heavy atom. The first-order valence-electron chi connectivity index (χ1n) is 14.4. The lowest BCUT2D eigenvalue weighted by Gasteiger charge is -2.25. The zero-order valence-electron chi connectivity index (χ0n) is 24.5. The van der Waals surface area contributed by atoms with Crippen LogP contribution in [0.3, 0.4) is 0 Å². The molecule has 4 rings (SSSR count). The minimum Gasteiger partial charge on any atom is -0.492 e. The molecule has 0 unspecified atom stereocenters. The molecular weight excluding hydrogens is 548 g/mol. The highest BCUT2D eigenvalue weighted by atomic mass is 16.5. The van der Waals surface area contributed by atoms with Crippen LogP contribution < -0.4 is 25.4 Å². The fraction of sp³-hybridized carbons (Fsp3) is 0.333. The number of amides is 4. The topological polar surface area (TPSA) is 126 Å².